The standard InChI is InChI=1S/C30H34N2O5/c1-20(37-26-14-8-10-22-9-4-5-11-23(22)26)29(33)32-25-13-7-6-12-24(25)30(34)31-18-17-21-15-16-27(35-2)28(19-21)36-3/h6-8,10,12-16,19-20H,4-5,9,11,17-18H2,1-3H3,(H,31,34)(H,32,33). The van der Waals surface area contributed by atoms with Crippen LogP contribution in [0.15, 0.2) is 60.7 Å². The highest BCUT2D eigenvalue weighted by Crippen LogP contribution is 2.30. The second-order valence-electron chi connectivity index (χ2n) is 9.09. The van der Waals surface area contributed by atoms with Crippen molar-refractivity contribution in [3.8, 4) is 17.2 Å². The van der Waals surface area contributed by atoms with Crippen molar-refractivity contribution in [3.63, 3.8) is 0 Å². The van der Waals surface area contributed by atoms with Gasteiger partial charge in [0.05, 0.1) is 25.5 Å². The number of para-hydroxylation sites is 1. The fraction of sp³-hybridized carbons (Fsp3) is 0.333. The quantitative estimate of drug-likeness (QED) is 0.409. The van der Waals surface area contributed by atoms with E-state index in [1.807, 2.05) is 30.3 Å². The number of benzene rings is 3. The molecule has 0 saturated heterocycles. The SMILES string of the molecule is COc1ccc(CCNC(=O)c2ccccc2NC(=O)C(C)Oc2cccc3c2CCCC3)cc1OC. The number of carbonyl (C=O) groups is 2. The van der Waals surface area contributed by atoms with Crippen LogP contribution in [-0.2, 0) is 24.1 Å². The summed E-state index contributed by atoms with van der Waals surface area (Å²) >= 11 is 0. The number of carbonyl (C=O) groups excluding carboxylic acids is 2. The summed E-state index contributed by atoms with van der Waals surface area (Å²) in [5.74, 6) is 1.50. The highest BCUT2D eigenvalue weighted by Gasteiger charge is 2.21. The summed E-state index contributed by atoms with van der Waals surface area (Å²) < 4.78 is 16.7. The number of hydrogen-bond donors (Lipinski definition) is 2. The summed E-state index contributed by atoms with van der Waals surface area (Å²) in [6.45, 7) is 2.15. The number of hydrogen-bond acceptors (Lipinski definition) is 5. The zero-order valence-corrected chi connectivity index (χ0v) is 21.6. The van der Waals surface area contributed by atoms with E-state index in [0.29, 0.717) is 35.7 Å². The van der Waals surface area contributed by atoms with Crippen LogP contribution in [0.3, 0.4) is 0 Å². The Hall–Kier alpha value is -4.00. The molecule has 3 aromatic carbocycles. The van der Waals surface area contributed by atoms with Crippen LogP contribution < -0.4 is 24.8 Å². The summed E-state index contributed by atoms with van der Waals surface area (Å²) in [4.78, 5) is 25.9. The van der Waals surface area contributed by atoms with E-state index in [2.05, 4.69) is 16.7 Å². The van der Waals surface area contributed by atoms with Crippen LogP contribution in [0.2, 0.25) is 0 Å². The average molecular weight is 503 g/mol. The number of rotatable bonds is 10. The highest BCUT2D eigenvalue weighted by molar-refractivity contribution is 6.04. The Balaban J connectivity index is 1.36. The van der Waals surface area contributed by atoms with Gasteiger partial charge in [-0.3, -0.25) is 9.59 Å². The number of methoxy groups -OCH3 is 2. The van der Waals surface area contributed by atoms with Crippen LogP contribution in [0.25, 0.3) is 0 Å². The third kappa shape index (κ3) is 6.42. The number of nitrogens with one attached hydrogen (secondary N) is 2. The molecule has 7 nitrogen and oxygen atoms in total. The van der Waals surface area contributed by atoms with Crippen molar-refractivity contribution < 1.29 is 23.8 Å². The lowest BCUT2D eigenvalue weighted by atomic mass is 9.91. The van der Waals surface area contributed by atoms with Gasteiger partial charge in [-0.25, -0.2) is 0 Å². The summed E-state index contributed by atoms with van der Waals surface area (Å²) in [7, 11) is 3.18. The van der Waals surface area contributed by atoms with Crippen molar-refractivity contribution in [2.24, 2.45) is 0 Å². The lowest BCUT2D eigenvalue weighted by molar-refractivity contribution is -0.122. The molecule has 0 aliphatic heterocycles. The van der Waals surface area contributed by atoms with Crippen LogP contribution >= 0.6 is 0 Å². The van der Waals surface area contributed by atoms with Gasteiger partial charge in [0.25, 0.3) is 11.8 Å². The summed E-state index contributed by atoms with van der Waals surface area (Å²) in [6, 6.07) is 18.7. The van der Waals surface area contributed by atoms with Gasteiger partial charge < -0.3 is 24.8 Å². The van der Waals surface area contributed by atoms with Crippen molar-refractivity contribution in [2.75, 3.05) is 26.1 Å². The molecule has 0 aromatic heterocycles. The van der Waals surface area contributed by atoms with Gasteiger partial charge in [-0.1, -0.05) is 30.3 Å². The number of ether oxygens (including phenoxy) is 3. The van der Waals surface area contributed by atoms with E-state index < -0.39 is 6.10 Å². The van der Waals surface area contributed by atoms with Crippen LogP contribution in [-0.4, -0.2) is 38.7 Å². The molecule has 0 fully saturated rings. The van der Waals surface area contributed by atoms with Crippen molar-refractivity contribution in [1.82, 2.24) is 5.32 Å². The molecule has 0 spiro atoms. The second kappa shape index (κ2) is 12.3. The minimum atomic E-state index is -0.713. The smallest absolute Gasteiger partial charge is 0.265 e. The third-order valence-electron chi connectivity index (χ3n) is 6.60. The van der Waals surface area contributed by atoms with Crippen molar-refractivity contribution in [3.05, 3.63) is 82.9 Å². The van der Waals surface area contributed by atoms with Gasteiger partial charge in [-0.2, -0.15) is 0 Å². The molecule has 0 heterocycles. The zero-order valence-electron chi connectivity index (χ0n) is 21.6. The summed E-state index contributed by atoms with van der Waals surface area (Å²) in [5, 5.41) is 5.81. The van der Waals surface area contributed by atoms with Crippen LogP contribution in [0, 0.1) is 0 Å². The van der Waals surface area contributed by atoms with Crippen LogP contribution in [0.5, 0.6) is 17.2 Å². The molecule has 2 N–H and O–H groups in total. The molecule has 0 saturated carbocycles. The fourth-order valence-corrected chi connectivity index (χ4v) is 4.58. The summed E-state index contributed by atoms with van der Waals surface area (Å²) in [5.41, 5.74) is 4.34. The Morgan fingerprint density at radius 1 is 0.892 bits per heavy atom. The molecule has 0 bridgehead atoms. The maximum Gasteiger partial charge on any atom is 0.265 e. The molecule has 0 radical (unpaired) electrons. The van der Waals surface area contributed by atoms with E-state index in [0.717, 1.165) is 30.6 Å². The van der Waals surface area contributed by atoms with E-state index in [-0.39, 0.29) is 11.8 Å². The highest BCUT2D eigenvalue weighted by atomic mass is 16.5. The van der Waals surface area contributed by atoms with E-state index >= 15 is 0 Å². The zero-order chi connectivity index (χ0) is 26.2. The molecular formula is C30H34N2O5. The summed E-state index contributed by atoms with van der Waals surface area (Å²) in [6.07, 6.45) is 4.22. The molecule has 7 heteroatoms. The topological polar surface area (TPSA) is 85.9 Å². The maximum absolute atomic E-state index is 13.0. The van der Waals surface area contributed by atoms with Crippen molar-refractivity contribution in [2.45, 2.75) is 45.1 Å². The van der Waals surface area contributed by atoms with Gasteiger partial charge in [0.1, 0.15) is 5.75 Å². The molecule has 1 atom stereocenters. The third-order valence-corrected chi connectivity index (χ3v) is 6.60. The lowest BCUT2D eigenvalue weighted by Crippen LogP contribution is -2.32. The first-order valence-electron chi connectivity index (χ1n) is 12.7. The van der Waals surface area contributed by atoms with E-state index in [4.69, 9.17) is 14.2 Å². The molecule has 3 aromatic rings. The number of fused-ring (bicyclic) bond motifs is 1. The monoisotopic (exact) mass is 502 g/mol. The predicted molar refractivity (Wildman–Crippen MR) is 144 cm³/mol. The molecule has 1 aliphatic rings. The maximum atomic E-state index is 13.0. The van der Waals surface area contributed by atoms with Gasteiger partial charge in [0.15, 0.2) is 17.6 Å². The number of amides is 2. The van der Waals surface area contributed by atoms with Gasteiger partial charge in [0.2, 0.25) is 0 Å². The molecule has 2 amide bonds. The van der Waals surface area contributed by atoms with Crippen molar-refractivity contribution >= 4 is 17.5 Å². The first-order chi connectivity index (χ1) is 18.0. The molecular weight excluding hydrogens is 468 g/mol. The second-order valence-corrected chi connectivity index (χ2v) is 9.09. The van der Waals surface area contributed by atoms with Crippen molar-refractivity contribution in [1.29, 1.82) is 0 Å². The van der Waals surface area contributed by atoms with E-state index in [1.54, 1.807) is 45.4 Å². The van der Waals surface area contributed by atoms with Crippen LogP contribution in [0.4, 0.5) is 5.69 Å². The Labute approximate surface area is 218 Å². The normalized spacial score (nSPS) is 13.2. The van der Waals surface area contributed by atoms with E-state index in [9.17, 15) is 9.59 Å². The Morgan fingerprint density at radius 3 is 2.49 bits per heavy atom. The largest absolute Gasteiger partial charge is 0.493 e. The van der Waals surface area contributed by atoms with Gasteiger partial charge in [-0.05, 0) is 86.1 Å². The first-order valence-corrected chi connectivity index (χ1v) is 12.7. The Kier molecular flexibility index (Phi) is 8.67. The van der Waals surface area contributed by atoms with Gasteiger partial charge in [0, 0.05) is 6.54 Å². The minimum Gasteiger partial charge on any atom is -0.493 e. The fourth-order valence-electron chi connectivity index (χ4n) is 4.58. The van der Waals surface area contributed by atoms with Gasteiger partial charge in [-0.15, -0.1) is 0 Å². The Morgan fingerprint density at radius 2 is 1.68 bits per heavy atom. The first kappa shape index (κ1) is 26.1. The minimum absolute atomic E-state index is 0.262. The van der Waals surface area contributed by atoms with Crippen LogP contribution in [0.1, 0.15) is 46.8 Å². The predicted octanol–water partition coefficient (Wildman–Crippen LogP) is 4.96. The lowest BCUT2D eigenvalue weighted by Gasteiger charge is -2.22. The van der Waals surface area contributed by atoms with Gasteiger partial charge >= 0.3 is 0 Å². The molecule has 194 valence electrons. The molecule has 1 aliphatic carbocycles. The molecule has 37 heavy (non-hydrogen) atoms. The molecule has 4 rings (SSSR count). The Bertz CT molecular complexity index is 1260. The van der Waals surface area contributed by atoms with E-state index in [1.165, 1.54) is 17.5 Å². The molecule has 1 unspecified atom stereocenters. The average Bonchev–Trinajstić information content (AvgIpc) is 2.93. The number of aryl methyl sites for hydroxylation is 1. The number of anilines is 1.